The molecule has 0 amide bonds. The Kier molecular flexibility index (Phi) is 5.02. The van der Waals surface area contributed by atoms with Crippen molar-refractivity contribution in [3.63, 3.8) is 0 Å². The smallest absolute Gasteiger partial charge is 0.159 e. The quantitative estimate of drug-likeness (QED) is 0.859. The number of hydrogen-bond donors (Lipinski definition) is 1. The third kappa shape index (κ3) is 3.75. The van der Waals surface area contributed by atoms with Crippen molar-refractivity contribution in [2.75, 3.05) is 13.6 Å². The summed E-state index contributed by atoms with van der Waals surface area (Å²) in [6.07, 6.45) is 0. The predicted octanol–water partition coefficient (Wildman–Crippen LogP) is 2.38. The SMILES string of the molecule is CC(C)C(CN)N(C)Cc1ccc(F)c(F)c1. The molecule has 1 atom stereocenters. The second-order valence-corrected chi connectivity index (χ2v) is 4.71. The maximum absolute atomic E-state index is 13.1. The van der Waals surface area contributed by atoms with Gasteiger partial charge in [0.25, 0.3) is 0 Å². The first kappa shape index (κ1) is 14.1. The van der Waals surface area contributed by atoms with E-state index in [-0.39, 0.29) is 6.04 Å². The van der Waals surface area contributed by atoms with Crippen LogP contribution in [-0.2, 0) is 6.54 Å². The standard InChI is InChI=1S/C13H20F2N2/c1-9(2)13(7-16)17(3)8-10-4-5-11(14)12(15)6-10/h4-6,9,13H,7-8,16H2,1-3H3. The summed E-state index contributed by atoms with van der Waals surface area (Å²) in [7, 11) is 1.94. The van der Waals surface area contributed by atoms with E-state index in [1.165, 1.54) is 6.07 Å². The molecule has 0 heterocycles. The molecule has 4 heteroatoms. The highest BCUT2D eigenvalue weighted by atomic mass is 19.2. The molecule has 0 saturated carbocycles. The van der Waals surface area contributed by atoms with Crippen LogP contribution in [0.25, 0.3) is 0 Å². The summed E-state index contributed by atoms with van der Waals surface area (Å²) >= 11 is 0. The predicted molar refractivity (Wildman–Crippen MR) is 65.5 cm³/mol. The minimum absolute atomic E-state index is 0.239. The van der Waals surface area contributed by atoms with Crippen LogP contribution in [0, 0.1) is 17.6 Å². The van der Waals surface area contributed by atoms with Crippen LogP contribution in [0.15, 0.2) is 18.2 Å². The van der Waals surface area contributed by atoms with Gasteiger partial charge in [0, 0.05) is 19.1 Å². The lowest BCUT2D eigenvalue weighted by molar-refractivity contribution is 0.190. The van der Waals surface area contributed by atoms with Gasteiger partial charge in [0.1, 0.15) is 0 Å². The first-order valence-electron chi connectivity index (χ1n) is 5.80. The number of likely N-dealkylation sites (N-methyl/N-ethyl adjacent to an activating group) is 1. The molecule has 1 aromatic carbocycles. The highest BCUT2D eigenvalue weighted by Gasteiger charge is 2.17. The Labute approximate surface area is 101 Å². The summed E-state index contributed by atoms with van der Waals surface area (Å²) in [5.74, 6) is -1.18. The van der Waals surface area contributed by atoms with Crippen LogP contribution in [0.5, 0.6) is 0 Å². The van der Waals surface area contributed by atoms with Crippen LogP contribution < -0.4 is 5.73 Å². The fourth-order valence-corrected chi connectivity index (χ4v) is 2.00. The first-order chi connectivity index (χ1) is 7.95. The molecule has 1 aromatic rings. The van der Waals surface area contributed by atoms with Gasteiger partial charge in [-0.1, -0.05) is 19.9 Å². The molecule has 0 radical (unpaired) electrons. The molecule has 0 spiro atoms. The lowest BCUT2D eigenvalue weighted by Crippen LogP contribution is -2.41. The summed E-state index contributed by atoms with van der Waals surface area (Å²) in [4.78, 5) is 2.07. The van der Waals surface area contributed by atoms with Gasteiger partial charge >= 0.3 is 0 Å². The monoisotopic (exact) mass is 242 g/mol. The Hall–Kier alpha value is -1.00. The van der Waals surface area contributed by atoms with Crippen molar-refractivity contribution >= 4 is 0 Å². The zero-order valence-corrected chi connectivity index (χ0v) is 10.6. The van der Waals surface area contributed by atoms with Crippen LogP contribution in [-0.4, -0.2) is 24.5 Å². The van der Waals surface area contributed by atoms with Crippen LogP contribution in [0.4, 0.5) is 8.78 Å². The van der Waals surface area contributed by atoms with E-state index >= 15 is 0 Å². The number of rotatable bonds is 5. The second kappa shape index (κ2) is 6.07. The Bertz CT molecular complexity index is 366. The lowest BCUT2D eigenvalue weighted by Gasteiger charge is -2.30. The molecule has 17 heavy (non-hydrogen) atoms. The topological polar surface area (TPSA) is 29.3 Å². The Balaban J connectivity index is 2.73. The minimum Gasteiger partial charge on any atom is -0.329 e. The number of benzene rings is 1. The van der Waals surface area contributed by atoms with Crippen molar-refractivity contribution < 1.29 is 8.78 Å². The van der Waals surface area contributed by atoms with Crippen molar-refractivity contribution in [3.8, 4) is 0 Å². The molecule has 0 bridgehead atoms. The number of nitrogens with zero attached hydrogens (tertiary/aromatic N) is 1. The molecule has 0 fully saturated rings. The molecule has 2 nitrogen and oxygen atoms in total. The van der Waals surface area contributed by atoms with E-state index in [9.17, 15) is 8.78 Å². The highest BCUT2D eigenvalue weighted by Crippen LogP contribution is 2.14. The molecule has 1 rings (SSSR count). The van der Waals surface area contributed by atoms with E-state index in [0.717, 1.165) is 11.6 Å². The van der Waals surface area contributed by atoms with Gasteiger partial charge in [-0.05, 0) is 30.7 Å². The van der Waals surface area contributed by atoms with Gasteiger partial charge in [-0.25, -0.2) is 8.78 Å². The van der Waals surface area contributed by atoms with Crippen molar-refractivity contribution in [2.45, 2.75) is 26.4 Å². The summed E-state index contributed by atoms with van der Waals surface area (Å²) in [5, 5.41) is 0. The van der Waals surface area contributed by atoms with Gasteiger partial charge in [-0.15, -0.1) is 0 Å². The van der Waals surface area contributed by atoms with E-state index in [2.05, 4.69) is 18.7 Å². The average Bonchev–Trinajstić information content (AvgIpc) is 2.24. The summed E-state index contributed by atoms with van der Waals surface area (Å²) in [6, 6.07) is 4.23. The number of nitrogens with two attached hydrogens (primary N) is 1. The Morgan fingerprint density at radius 3 is 2.35 bits per heavy atom. The third-order valence-corrected chi connectivity index (χ3v) is 2.99. The summed E-state index contributed by atoms with van der Waals surface area (Å²) in [6.45, 7) is 5.31. The molecule has 96 valence electrons. The third-order valence-electron chi connectivity index (χ3n) is 2.99. The molecule has 0 aliphatic carbocycles. The fourth-order valence-electron chi connectivity index (χ4n) is 2.00. The van der Waals surface area contributed by atoms with Gasteiger partial charge in [0.05, 0.1) is 0 Å². The van der Waals surface area contributed by atoms with Crippen molar-refractivity contribution in [1.82, 2.24) is 4.90 Å². The van der Waals surface area contributed by atoms with Crippen LogP contribution >= 0.6 is 0 Å². The maximum Gasteiger partial charge on any atom is 0.159 e. The minimum atomic E-state index is -0.810. The largest absolute Gasteiger partial charge is 0.329 e. The van der Waals surface area contributed by atoms with Crippen LogP contribution in [0.2, 0.25) is 0 Å². The zero-order chi connectivity index (χ0) is 13.0. The van der Waals surface area contributed by atoms with Crippen LogP contribution in [0.3, 0.4) is 0 Å². The first-order valence-corrected chi connectivity index (χ1v) is 5.80. The second-order valence-electron chi connectivity index (χ2n) is 4.71. The van der Waals surface area contributed by atoms with Gasteiger partial charge < -0.3 is 5.73 Å². The van der Waals surface area contributed by atoms with Gasteiger partial charge in [0.15, 0.2) is 11.6 Å². The maximum atomic E-state index is 13.1. The Morgan fingerprint density at radius 2 is 1.88 bits per heavy atom. The van der Waals surface area contributed by atoms with E-state index in [1.807, 2.05) is 7.05 Å². The van der Waals surface area contributed by atoms with E-state index < -0.39 is 11.6 Å². The molecule has 1 unspecified atom stereocenters. The fraction of sp³-hybridized carbons (Fsp3) is 0.538. The normalized spacial score (nSPS) is 13.4. The molecule has 0 aliphatic rings. The zero-order valence-electron chi connectivity index (χ0n) is 10.6. The van der Waals surface area contributed by atoms with Gasteiger partial charge in [-0.2, -0.15) is 0 Å². The number of halogens is 2. The van der Waals surface area contributed by atoms with Crippen molar-refractivity contribution in [1.29, 1.82) is 0 Å². The summed E-state index contributed by atoms with van der Waals surface area (Å²) in [5.41, 5.74) is 6.46. The van der Waals surface area contributed by atoms with Crippen molar-refractivity contribution in [2.24, 2.45) is 11.7 Å². The van der Waals surface area contributed by atoms with Gasteiger partial charge in [0.2, 0.25) is 0 Å². The number of hydrogen-bond acceptors (Lipinski definition) is 2. The molecule has 2 N–H and O–H groups in total. The van der Waals surface area contributed by atoms with Crippen molar-refractivity contribution in [3.05, 3.63) is 35.4 Å². The lowest BCUT2D eigenvalue weighted by atomic mass is 10.0. The van der Waals surface area contributed by atoms with E-state index in [4.69, 9.17) is 5.73 Å². The molecular weight excluding hydrogens is 222 g/mol. The average molecular weight is 242 g/mol. The van der Waals surface area contributed by atoms with Gasteiger partial charge in [-0.3, -0.25) is 4.90 Å². The summed E-state index contributed by atoms with van der Waals surface area (Å²) < 4.78 is 25.8. The Morgan fingerprint density at radius 1 is 1.24 bits per heavy atom. The van der Waals surface area contributed by atoms with Crippen LogP contribution in [0.1, 0.15) is 19.4 Å². The molecule has 0 saturated heterocycles. The van der Waals surface area contributed by atoms with E-state index in [1.54, 1.807) is 6.07 Å². The molecule has 0 aliphatic heterocycles. The molecule has 0 aromatic heterocycles. The van der Waals surface area contributed by atoms with E-state index in [0.29, 0.717) is 19.0 Å². The molecular formula is C13H20F2N2. The highest BCUT2D eigenvalue weighted by molar-refractivity contribution is 5.17.